The van der Waals surface area contributed by atoms with Crippen molar-refractivity contribution in [3.05, 3.63) is 51.6 Å². The van der Waals surface area contributed by atoms with Gasteiger partial charge in [-0.05, 0) is 42.8 Å². The minimum absolute atomic E-state index is 0.0450. The second-order valence-corrected chi connectivity index (χ2v) is 5.15. The molecule has 0 unspecified atom stereocenters. The molecule has 0 aliphatic carbocycles. The van der Waals surface area contributed by atoms with E-state index in [9.17, 15) is 13.2 Å². The van der Waals surface area contributed by atoms with Crippen molar-refractivity contribution < 1.29 is 13.2 Å². The zero-order valence-corrected chi connectivity index (χ0v) is 12.4. The van der Waals surface area contributed by atoms with Gasteiger partial charge in [0.1, 0.15) is 17.6 Å². The van der Waals surface area contributed by atoms with Crippen LogP contribution >= 0.6 is 15.9 Å². The molecule has 0 aliphatic rings. The van der Waals surface area contributed by atoms with Crippen LogP contribution in [0.5, 0.6) is 0 Å². The van der Waals surface area contributed by atoms with Gasteiger partial charge in [0.25, 0.3) is 0 Å². The number of hydrogen-bond donors (Lipinski definition) is 1. The highest BCUT2D eigenvalue weighted by Gasteiger charge is 2.33. The van der Waals surface area contributed by atoms with Gasteiger partial charge in [-0.1, -0.05) is 15.9 Å². The summed E-state index contributed by atoms with van der Waals surface area (Å²) < 4.78 is 38.9. The van der Waals surface area contributed by atoms with E-state index < -0.39 is 11.9 Å². The number of halogens is 4. The van der Waals surface area contributed by atoms with Crippen molar-refractivity contribution in [2.24, 2.45) is 0 Å². The fourth-order valence-corrected chi connectivity index (χ4v) is 1.91. The van der Waals surface area contributed by atoms with Crippen molar-refractivity contribution in [2.45, 2.75) is 13.1 Å². The monoisotopic (exact) mass is 355 g/mol. The first-order chi connectivity index (χ1) is 9.81. The van der Waals surface area contributed by atoms with Gasteiger partial charge in [0.15, 0.2) is 0 Å². The van der Waals surface area contributed by atoms with Crippen LogP contribution in [-0.2, 0) is 6.18 Å². The van der Waals surface area contributed by atoms with Gasteiger partial charge in [-0.2, -0.15) is 18.4 Å². The highest BCUT2D eigenvalue weighted by atomic mass is 79.9. The quantitative estimate of drug-likeness (QED) is 0.842. The summed E-state index contributed by atoms with van der Waals surface area (Å²) in [6.45, 7) is 1.85. The average Bonchev–Trinajstić information content (AvgIpc) is 2.42. The van der Waals surface area contributed by atoms with Crippen molar-refractivity contribution in [1.29, 1.82) is 5.26 Å². The van der Waals surface area contributed by atoms with Gasteiger partial charge < -0.3 is 5.32 Å². The Hall–Kier alpha value is -2.07. The molecule has 108 valence electrons. The number of aryl methyl sites for hydroxylation is 1. The Kier molecular flexibility index (Phi) is 4.19. The number of pyridine rings is 1. The van der Waals surface area contributed by atoms with E-state index >= 15 is 0 Å². The lowest BCUT2D eigenvalue weighted by Gasteiger charge is -2.12. The number of hydrogen-bond acceptors (Lipinski definition) is 3. The number of alkyl halides is 3. The molecule has 2 aromatic rings. The average molecular weight is 356 g/mol. The molecule has 0 saturated heterocycles. The zero-order chi connectivity index (χ0) is 15.6. The summed E-state index contributed by atoms with van der Waals surface area (Å²) in [7, 11) is 0. The molecule has 1 N–H and O–H groups in total. The van der Waals surface area contributed by atoms with Crippen LogP contribution in [0.4, 0.5) is 24.7 Å². The summed E-state index contributed by atoms with van der Waals surface area (Å²) in [4.78, 5) is 3.49. The van der Waals surface area contributed by atoms with Crippen LogP contribution in [0.1, 0.15) is 16.8 Å². The van der Waals surface area contributed by atoms with E-state index in [4.69, 9.17) is 5.26 Å². The summed E-state index contributed by atoms with van der Waals surface area (Å²) in [6, 6.07) is 8.89. The normalized spacial score (nSPS) is 11.0. The second kappa shape index (κ2) is 5.74. The molecule has 2 rings (SSSR count). The Morgan fingerprint density at radius 3 is 2.52 bits per heavy atom. The third-order valence-electron chi connectivity index (χ3n) is 2.73. The first kappa shape index (κ1) is 15.3. The van der Waals surface area contributed by atoms with Crippen molar-refractivity contribution in [3.8, 4) is 6.07 Å². The van der Waals surface area contributed by atoms with Crippen LogP contribution in [0.2, 0.25) is 0 Å². The lowest BCUT2D eigenvalue weighted by molar-refractivity contribution is -0.141. The zero-order valence-electron chi connectivity index (χ0n) is 10.8. The van der Waals surface area contributed by atoms with Crippen molar-refractivity contribution >= 4 is 27.4 Å². The highest BCUT2D eigenvalue weighted by molar-refractivity contribution is 9.10. The lowest BCUT2D eigenvalue weighted by atomic mass is 10.2. The predicted molar refractivity (Wildman–Crippen MR) is 76.1 cm³/mol. The topological polar surface area (TPSA) is 48.7 Å². The molecule has 1 aromatic carbocycles. The van der Waals surface area contributed by atoms with E-state index in [0.717, 1.165) is 22.2 Å². The molecule has 0 amide bonds. The number of nitriles is 1. The Balaban J connectivity index is 2.42. The van der Waals surface area contributed by atoms with E-state index in [1.807, 2.05) is 13.0 Å². The number of rotatable bonds is 2. The van der Waals surface area contributed by atoms with Gasteiger partial charge in [-0.25, -0.2) is 4.98 Å². The first-order valence-corrected chi connectivity index (χ1v) is 6.62. The van der Waals surface area contributed by atoms with Crippen LogP contribution in [0.15, 0.2) is 34.8 Å². The van der Waals surface area contributed by atoms with Crippen LogP contribution in [0.3, 0.4) is 0 Å². The number of aromatic nitrogens is 1. The molecular weight excluding hydrogens is 347 g/mol. The second-order valence-electron chi connectivity index (χ2n) is 4.29. The van der Waals surface area contributed by atoms with Crippen molar-refractivity contribution in [3.63, 3.8) is 0 Å². The molecular formula is C14H9BrF3N3. The van der Waals surface area contributed by atoms with Gasteiger partial charge in [-0.3, -0.25) is 0 Å². The van der Waals surface area contributed by atoms with Gasteiger partial charge >= 0.3 is 6.18 Å². The molecule has 0 spiro atoms. The van der Waals surface area contributed by atoms with E-state index in [1.165, 1.54) is 0 Å². The fraction of sp³-hybridized carbons (Fsp3) is 0.143. The Bertz CT molecular complexity index is 720. The maximum atomic E-state index is 12.7. The van der Waals surface area contributed by atoms with Crippen molar-refractivity contribution in [1.82, 2.24) is 4.98 Å². The molecule has 0 radical (unpaired) electrons. The lowest BCUT2D eigenvalue weighted by Crippen LogP contribution is -2.10. The SMILES string of the molecule is Cc1cc(Nc2nc(C(F)(F)F)ccc2C#N)ccc1Br. The third-order valence-corrected chi connectivity index (χ3v) is 3.62. The predicted octanol–water partition coefficient (Wildman–Crippen LogP) is 4.79. The summed E-state index contributed by atoms with van der Waals surface area (Å²) in [5, 5.41) is 11.7. The number of benzene rings is 1. The number of anilines is 2. The standard InChI is InChI=1S/C14H9BrF3N3/c1-8-6-10(3-4-11(8)15)20-13-9(7-19)2-5-12(21-13)14(16,17)18/h2-6H,1H3,(H,20,21). The molecule has 0 aliphatic heterocycles. The maximum Gasteiger partial charge on any atom is 0.433 e. The molecule has 21 heavy (non-hydrogen) atoms. The molecule has 0 saturated carbocycles. The maximum absolute atomic E-state index is 12.7. The minimum Gasteiger partial charge on any atom is -0.339 e. The molecule has 3 nitrogen and oxygen atoms in total. The summed E-state index contributed by atoms with van der Waals surface area (Å²) in [5.74, 6) is -0.117. The minimum atomic E-state index is -4.56. The van der Waals surface area contributed by atoms with E-state index in [-0.39, 0.29) is 11.4 Å². The summed E-state index contributed by atoms with van der Waals surface area (Å²) >= 11 is 3.34. The van der Waals surface area contributed by atoms with Gasteiger partial charge in [-0.15, -0.1) is 0 Å². The molecule has 0 atom stereocenters. The largest absolute Gasteiger partial charge is 0.433 e. The van der Waals surface area contributed by atoms with E-state index in [2.05, 4.69) is 26.2 Å². The third kappa shape index (κ3) is 3.52. The number of nitrogens with zero attached hydrogens (tertiary/aromatic N) is 2. The van der Waals surface area contributed by atoms with E-state index in [1.54, 1.807) is 18.2 Å². The van der Waals surface area contributed by atoms with Crippen LogP contribution in [0.25, 0.3) is 0 Å². The molecule has 0 fully saturated rings. The fourth-order valence-electron chi connectivity index (χ4n) is 1.66. The van der Waals surface area contributed by atoms with Crippen LogP contribution in [-0.4, -0.2) is 4.98 Å². The number of nitrogens with one attached hydrogen (secondary N) is 1. The molecule has 7 heteroatoms. The highest BCUT2D eigenvalue weighted by Crippen LogP contribution is 2.30. The Morgan fingerprint density at radius 2 is 1.95 bits per heavy atom. The Morgan fingerprint density at radius 1 is 1.24 bits per heavy atom. The van der Waals surface area contributed by atoms with Crippen LogP contribution < -0.4 is 5.32 Å². The van der Waals surface area contributed by atoms with Crippen molar-refractivity contribution in [2.75, 3.05) is 5.32 Å². The smallest absolute Gasteiger partial charge is 0.339 e. The van der Waals surface area contributed by atoms with Crippen LogP contribution in [0, 0.1) is 18.3 Å². The van der Waals surface area contributed by atoms with Gasteiger partial charge in [0.05, 0.1) is 5.56 Å². The molecule has 0 bridgehead atoms. The summed E-state index contributed by atoms with van der Waals surface area (Å²) in [5.41, 5.74) is 0.464. The molecule has 1 aromatic heterocycles. The molecule has 1 heterocycles. The first-order valence-electron chi connectivity index (χ1n) is 5.83. The summed E-state index contributed by atoms with van der Waals surface area (Å²) in [6.07, 6.45) is -4.56. The van der Waals surface area contributed by atoms with Gasteiger partial charge in [0.2, 0.25) is 0 Å². The van der Waals surface area contributed by atoms with E-state index in [0.29, 0.717) is 5.69 Å². The van der Waals surface area contributed by atoms with Gasteiger partial charge in [0, 0.05) is 10.2 Å². The Labute approximate surface area is 127 Å².